The third-order valence-corrected chi connectivity index (χ3v) is 9.55. The second kappa shape index (κ2) is 6.42. The van der Waals surface area contributed by atoms with E-state index in [9.17, 15) is 14.9 Å². The average Bonchev–Trinajstić information content (AvgIpc) is 3.16. The number of non-ortho nitro benzene ring substituents is 1. The van der Waals surface area contributed by atoms with Crippen molar-refractivity contribution < 1.29 is 9.72 Å². The highest BCUT2D eigenvalue weighted by molar-refractivity contribution is 8.21. The monoisotopic (exact) mass is 393 g/mol. The lowest BCUT2D eigenvalue weighted by Crippen LogP contribution is -2.50. The van der Waals surface area contributed by atoms with Crippen LogP contribution < -0.4 is 5.43 Å². The number of hydrogen-bond acceptors (Lipinski definition) is 6. The summed E-state index contributed by atoms with van der Waals surface area (Å²) in [5, 5.41) is 12.6. The zero-order valence-corrected chi connectivity index (χ0v) is 16.6. The van der Waals surface area contributed by atoms with Gasteiger partial charge in [0, 0.05) is 41.2 Å². The summed E-state index contributed by atoms with van der Waals surface area (Å²) in [5.74, 6) is 2.75. The molecule has 140 valence electrons. The van der Waals surface area contributed by atoms with E-state index < -0.39 is 4.92 Å². The van der Waals surface area contributed by atoms with Gasteiger partial charge in [-0.15, -0.1) is 23.5 Å². The highest BCUT2D eigenvalue weighted by atomic mass is 32.2. The van der Waals surface area contributed by atoms with Gasteiger partial charge in [-0.05, 0) is 45.2 Å². The number of hydrazine groups is 1. The van der Waals surface area contributed by atoms with Gasteiger partial charge in [0.2, 0.25) is 0 Å². The highest BCUT2D eigenvalue weighted by Crippen LogP contribution is 2.56. The number of carbonyl (C=O) groups is 1. The smallest absolute Gasteiger partial charge is 0.268 e. The maximum Gasteiger partial charge on any atom is 0.269 e. The number of amides is 1. The molecular weight excluding hydrogens is 370 g/mol. The third kappa shape index (κ3) is 2.92. The van der Waals surface area contributed by atoms with E-state index in [4.69, 9.17) is 0 Å². The molecule has 3 fully saturated rings. The maximum absolute atomic E-state index is 13.1. The Morgan fingerprint density at radius 2 is 1.92 bits per heavy atom. The summed E-state index contributed by atoms with van der Waals surface area (Å²) in [6.45, 7) is 4.25. The van der Waals surface area contributed by atoms with Crippen molar-refractivity contribution in [2.75, 3.05) is 11.5 Å². The Bertz CT molecular complexity index is 732. The van der Waals surface area contributed by atoms with Crippen LogP contribution in [0.3, 0.4) is 0 Å². The van der Waals surface area contributed by atoms with E-state index in [-0.39, 0.29) is 17.1 Å². The standard InChI is InChI=1S/C18H23N3O3S2/c1-17(2)14-7-8-18(25-9-10-26-18)11-15(14)19-20(17)16(22)12-3-5-13(6-4-12)21(23)24/h3-6,14-15,19H,7-11H2,1-2H3/t14-,15-/m0/s1. The van der Waals surface area contributed by atoms with E-state index in [1.54, 1.807) is 17.1 Å². The van der Waals surface area contributed by atoms with Crippen molar-refractivity contribution in [3.8, 4) is 0 Å². The normalized spacial score (nSPS) is 28.9. The number of nitro benzene ring substituents is 1. The molecule has 2 aliphatic heterocycles. The first-order chi connectivity index (χ1) is 12.3. The minimum atomic E-state index is -0.447. The Kier molecular flexibility index (Phi) is 4.48. The molecule has 6 nitrogen and oxygen atoms in total. The molecule has 3 aliphatic rings. The van der Waals surface area contributed by atoms with Gasteiger partial charge in [-0.25, -0.2) is 5.43 Å². The number of fused-ring (bicyclic) bond motifs is 1. The molecule has 1 aliphatic carbocycles. The first kappa shape index (κ1) is 18.1. The summed E-state index contributed by atoms with van der Waals surface area (Å²) in [5.41, 5.74) is 3.70. The van der Waals surface area contributed by atoms with Crippen molar-refractivity contribution in [2.24, 2.45) is 5.92 Å². The van der Waals surface area contributed by atoms with Crippen LogP contribution in [-0.2, 0) is 0 Å². The largest absolute Gasteiger partial charge is 0.269 e. The fourth-order valence-corrected chi connectivity index (χ4v) is 7.93. The van der Waals surface area contributed by atoms with Crippen molar-refractivity contribution in [1.29, 1.82) is 0 Å². The van der Waals surface area contributed by atoms with Crippen molar-refractivity contribution in [1.82, 2.24) is 10.4 Å². The molecular formula is C18H23N3O3S2. The predicted molar refractivity (Wildman–Crippen MR) is 105 cm³/mol. The van der Waals surface area contributed by atoms with Crippen LogP contribution in [-0.4, -0.2) is 43.0 Å². The fourth-order valence-electron chi connectivity index (χ4n) is 4.57. The minimum absolute atomic E-state index is 0.00101. The van der Waals surface area contributed by atoms with E-state index in [1.165, 1.54) is 30.1 Å². The van der Waals surface area contributed by atoms with Gasteiger partial charge < -0.3 is 0 Å². The number of hydrogen-bond donors (Lipinski definition) is 1. The van der Waals surface area contributed by atoms with Gasteiger partial charge in [0.25, 0.3) is 11.6 Å². The number of nitrogens with one attached hydrogen (secondary N) is 1. The van der Waals surface area contributed by atoms with Gasteiger partial charge >= 0.3 is 0 Å². The van der Waals surface area contributed by atoms with Crippen molar-refractivity contribution in [3.05, 3.63) is 39.9 Å². The molecule has 2 heterocycles. The Balaban J connectivity index is 1.55. The molecule has 0 bridgehead atoms. The molecule has 2 saturated heterocycles. The first-order valence-electron chi connectivity index (χ1n) is 8.95. The van der Waals surface area contributed by atoms with E-state index in [1.807, 2.05) is 0 Å². The van der Waals surface area contributed by atoms with Crippen LogP contribution in [0.15, 0.2) is 24.3 Å². The highest BCUT2D eigenvalue weighted by Gasteiger charge is 2.55. The first-order valence-corrected chi connectivity index (χ1v) is 10.9. The number of rotatable bonds is 2. The van der Waals surface area contributed by atoms with Gasteiger partial charge in [-0.2, -0.15) is 0 Å². The van der Waals surface area contributed by atoms with Crippen LogP contribution in [0.2, 0.25) is 0 Å². The SMILES string of the molecule is CC1(C)[C@H]2CCC3(C[C@@H]2NN1C(=O)c1ccc([N+](=O)[O-])cc1)SCCS3. The van der Waals surface area contributed by atoms with Crippen LogP contribution in [0.5, 0.6) is 0 Å². The zero-order chi connectivity index (χ0) is 18.5. The van der Waals surface area contributed by atoms with Crippen LogP contribution in [0.4, 0.5) is 5.69 Å². The average molecular weight is 394 g/mol. The Morgan fingerprint density at radius 3 is 2.54 bits per heavy atom. The number of thioether (sulfide) groups is 2. The third-order valence-electron chi connectivity index (χ3n) is 5.97. The quantitative estimate of drug-likeness (QED) is 0.610. The lowest BCUT2D eigenvalue weighted by molar-refractivity contribution is -0.384. The van der Waals surface area contributed by atoms with Crippen LogP contribution in [0.1, 0.15) is 43.5 Å². The summed E-state index contributed by atoms with van der Waals surface area (Å²) in [6.07, 6.45) is 3.41. The Hall–Kier alpha value is -1.25. The summed E-state index contributed by atoms with van der Waals surface area (Å²) >= 11 is 4.16. The van der Waals surface area contributed by atoms with Gasteiger partial charge in [-0.3, -0.25) is 19.9 Å². The molecule has 1 spiro atoms. The van der Waals surface area contributed by atoms with Gasteiger partial charge in [-0.1, -0.05) is 0 Å². The molecule has 1 N–H and O–H groups in total. The van der Waals surface area contributed by atoms with Gasteiger partial charge in [0.1, 0.15) is 0 Å². The lowest BCUT2D eigenvalue weighted by atomic mass is 9.75. The predicted octanol–water partition coefficient (Wildman–Crippen LogP) is 3.68. The van der Waals surface area contributed by atoms with E-state index in [2.05, 4.69) is 42.8 Å². The number of benzene rings is 1. The van der Waals surface area contributed by atoms with E-state index in [0.29, 0.717) is 21.6 Å². The number of nitro groups is 1. The van der Waals surface area contributed by atoms with Crippen molar-refractivity contribution in [2.45, 2.75) is 48.8 Å². The summed E-state index contributed by atoms with van der Waals surface area (Å²) in [7, 11) is 0. The van der Waals surface area contributed by atoms with E-state index in [0.717, 1.165) is 12.8 Å². The zero-order valence-electron chi connectivity index (χ0n) is 14.9. The number of carbonyl (C=O) groups excluding carboxylic acids is 1. The molecule has 0 radical (unpaired) electrons. The van der Waals surface area contributed by atoms with E-state index >= 15 is 0 Å². The molecule has 0 unspecified atom stereocenters. The molecule has 1 saturated carbocycles. The lowest BCUT2D eigenvalue weighted by Gasteiger charge is -2.41. The molecule has 4 rings (SSSR count). The molecule has 2 atom stereocenters. The number of nitrogens with zero attached hydrogens (tertiary/aromatic N) is 2. The fraction of sp³-hybridized carbons (Fsp3) is 0.611. The topological polar surface area (TPSA) is 75.5 Å². The second-order valence-corrected chi connectivity index (χ2v) is 11.0. The molecule has 1 aromatic carbocycles. The molecule has 1 amide bonds. The molecule has 8 heteroatoms. The van der Waals surface area contributed by atoms with Crippen molar-refractivity contribution in [3.63, 3.8) is 0 Å². The van der Waals surface area contributed by atoms with Crippen LogP contribution in [0.25, 0.3) is 0 Å². The summed E-state index contributed by atoms with van der Waals surface area (Å²) in [6, 6.07) is 6.18. The van der Waals surface area contributed by atoms with Gasteiger partial charge in [0.15, 0.2) is 0 Å². The summed E-state index contributed by atoms with van der Waals surface area (Å²) in [4.78, 5) is 23.5. The maximum atomic E-state index is 13.1. The van der Waals surface area contributed by atoms with Crippen LogP contribution >= 0.6 is 23.5 Å². The minimum Gasteiger partial charge on any atom is -0.268 e. The molecule has 1 aromatic rings. The second-order valence-electron chi connectivity index (χ2n) is 7.79. The summed E-state index contributed by atoms with van der Waals surface area (Å²) < 4.78 is 0.316. The Labute approximate surface area is 161 Å². The van der Waals surface area contributed by atoms with Gasteiger partial charge in [0.05, 0.1) is 14.5 Å². The molecule has 26 heavy (non-hydrogen) atoms. The van der Waals surface area contributed by atoms with Crippen molar-refractivity contribution >= 4 is 35.1 Å². The molecule has 0 aromatic heterocycles. The Morgan fingerprint density at radius 1 is 1.27 bits per heavy atom. The van der Waals surface area contributed by atoms with Crippen LogP contribution in [0, 0.1) is 16.0 Å².